The molecular formula is C19H31IN4O4. The number of nitrogens with zero attached hydrogens (tertiary/aromatic N) is 1. The van der Waals surface area contributed by atoms with Gasteiger partial charge in [-0.1, -0.05) is 6.07 Å². The Balaban J connectivity index is 0.00000392. The maximum Gasteiger partial charge on any atom is 0.251 e. The summed E-state index contributed by atoms with van der Waals surface area (Å²) >= 11 is 0. The molecule has 9 heteroatoms. The van der Waals surface area contributed by atoms with Crippen LogP contribution in [-0.4, -0.2) is 71.6 Å². The fraction of sp³-hybridized carbons (Fsp3) is 0.579. The predicted molar refractivity (Wildman–Crippen MR) is 120 cm³/mol. The van der Waals surface area contributed by atoms with Gasteiger partial charge in [-0.25, -0.2) is 0 Å². The molecule has 0 aliphatic carbocycles. The molecule has 1 unspecified atom stereocenters. The fourth-order valence-corrected chi connectivity index (χ4v) is 2.62. The van der Waals surface area contributed by atoms with Crippen LogP contribution < -0.4 is 20.7 Å². The smallest absolute Gasteiger partial charge is 0.251 e. The van der Waals surface area contributed by atoms with Crippen molar-refractivity contribution < 1.29 is 19.0 Å². The first kappa shape index (κ1) is 24.4. The topological polar surface area (TPSA) is 93.2 Å². The summed E-state index contributed by atoms with van der Waals surface area (Å²) in [6.07, 6.45) is 2.12. The molecule has 0 bridgehead atoms. The van der Waals surface area contributed by atoms with E-state index in [0.29, 0.717) is 43.6 Å². The van der Waals surface area contributed by atoms with Crippen molar-refractivity contribution >= 4 is 35.8 Å². The second-order valence-corrected chi connectivity index (χ2v) is 6.12. The van der Waals surface area contributed by atoms with Crippen LogP contribution in [-0.2, 0) is 9.47 Å². The maximum absolute atomic E-state index is 12.1. The summed E-state index contributed by atoms with van der Waals surface area (Å²) < 4.78 is 16.1. The number of amides is 1. The zero-order chi connectivity index (χ0) is 19.3. The molecule has 28 heavy (non-hydrogen) atoms. The lowest BCUT2D eigenvalue weighted by Crippen LogP contribution is -2.42. The predicted octanol–water partition coefficient (Wildman–Crippen LogP) is 1.40. The zero-order valence-electron chi connectivity index (χ0n) is 16.5. The first-order valence-electron chi connectivity index (χ1n) is 9.29. The number of rotatable bonds is 10. The van der Waals surface area contributed by atoms with Crippen molar-refractivity contribution in [3.05, 3.63) is 29.8 Å². The maximum atomic E-state index is 12.1. The number of hydrogen-bond acceptors (Lipinski definition) is 5. The molecule has 1 atom stereocenters. The van der Waals surface area contributed by atoms with E-state index < -0.39 is 0 Å². The average Bonchev–Trinajstić information content (AvgIpc) is 3.22. The first-order valence-corrected chi connectivity index (χ1v) is 9.29. The number of nitrogens with one attached hydrogen (secondary N) is 3. The van der Waals surface area contributed by atoms with Crippen molar-refractivity contribution in [3.8, 4) is 5.75 Å². The molecule has 1 aromatic rings. The van der Waals surface area contributed by atoms with Gasteiger partial charge in [0.2, 0.25) is 0 Å². The quantitative estimate of drug-likeness (QED) is 0.192. The minimum Gasteiger partial charge on any atom is -0.497 e. The molecule has 0 aromatic heterocycles. The number of carbonyl (C=O) groups is 1. The number of benzene rings is 1. The second-order valence-electron chi connectivity index (χ2n) is 6.12. The van der Waals surface area contributed by atoms with Crippen LogP contribution in [0.15, 0.2) is 29.3 Å². The molecule has 1 heterocycles. The SMILES string of the molecule is CN=C(NCCCOC1CCOC1)NCCNC(=O)c1cccc(OC)c1.I. The first-order chi connectivity index (χ1) is 13.2. The van der Waals surface area contributed by atoms with Gasteiger partial charge in [0.25, 0.3) is 5.91 Å². The zero-order valence-corrected chi connectivity index (χ0v) is 18.9. The monoisotopic (exact) mass is 506 g/mol. The highest BCUT2D eigenvalue weighted by molar-refractivity contribution is 14.0. The summed E-state index contributed by atoms with van der Waals surface area (Å²) in [5.41, 5.74) is 0.574. The van der Waals surface area contributed by atoms with E-state index >= 15 is 0 Å². The van der Waals surface area contributed by atoms with Gasteiger partial charge in [-0.2, -0.15) is 0 Å². The number of halogens is 1. The summed E-state index contributed by atoms with van der Waals surface area (Å²) in [5, 5.41) is 9.26. The third kappa shape index (κ3) is 9.07. The van der Waals surface area contributed by atoms with Crippen LogP contribution in [0.3, 0.4) is 0 Å². The van der Waals surface area contributed by atoms with Crippen LogP contribution in [0.4, 0.5) is 0 Å². The standard InChI is InChI=1S/C19H30N4O4.HI/c1-20-19(22-8-4-11-27-17-7-12-26-14-17)23-10-9-21-18(24)15-5-3-6-16(13-15)25-2;/h3,5-6,13,17H,4,7-12,14H2,1-2H3,(H,21,24)(H2,20,22,23);1H. The minimum atomic E-state index is -0.133. The summed E-state index contributed by atoms with van der Waals surface area (Å²) in [6, 6.07) is 7.07. The van der Waals surface area contributed by atoms with Crippen molar-refractivity contribution in [2.45, 2.75) is 18.9 Å². The molecule has 0 radical (unpaired) electrons. The van der Waals surface area contributed by atoms with Crippen molar-refractivity contribution in [3.63, 3.8) is 0 Å². The van der Waals surface area contributed by atoms with Crippen molar-refractivity contribution in [1.29, 1.82) is 0 Å². The lowest BCUT2D eigenvalue weighted by atomic mass is 10.2. The van der Waals surface area contributed by atoms with E-state index in [1.54, 1.807) is 38.4 Å². The van der Waals surface area contributed by atoms with Gasteiger partial charge < -0.3 is 30.2 Å². The molecule has 0 spiro atoms. The van der Waals surface area contributed by atoms with Crippen LogP contribution >= 0.6 is 24.0 Å². The van der Waals surface area contributed by atoms with E-state index in [4.69, 9.17) is 14.2 Å². The third-order valence-corrected chi connectivity index (χ3v) is 4.11. The number of aliphatic imine (C=N–C) groups is 1. The lowest BCUT2D eigenvalue weighted by molar-refractivity contribution is 0.0420. The Morgan fingerprint density at radius 2 is 2.04 bits per heavy atom. The number of guanidine groups is 1. The average molecular weight is 506 g/mol. The molecule has 158 valence electrons. The molecule has 1 saturated heterocycles. The van der Waals surface area contributed by atoms with Gasteiger partial charge in [0.15, 0.2) is 5.96 Å². The molecule has 1 amide bonds. The van der Waals surface area contributed by atoms with Crippen LogP contribution in [0.25, 0.3) is 0 Å². The number of methoxy groups -OCH3 is 1. The molecule has 3 N–H and O–H groups in total. The molecule has 1 aromatic carbocycles. The molecule has 8 nitrogen and oxygen atoms in total. The lowest BCUT2D eigenvalue weighted by Gasteiger charge is -2.13. The molecule has 1 aliphatic rings. The molecule has 0 saturated carbocycles. The van der Waals surface area contributed by atoms with E-state index in [-0.39, 0.29) is 36.0 Å². The minimum absolute atomic E-state index is 0. The van der Waals surface area contributed by atoms with Gasteiger partial charge in [0, 0.05) is 45.5 Å². The summed E-state index contributed by atoms with van der Waals surface area (Å²) in [4.78, 5) is 16.3. The fourth-order valence-electron chi connectivity index (χ4n) is 2.62. The van der Waals surface area contributed by atoms with Gasteiger partial charge in [-0.05, 0) is 31.0 Å². The highest BCUT2D eigenvalue weighted by Crippen LogP contribution is 2.12. The Labute approximate surface area is 183 Å². The van der Waals surface area contributed by atoms with Gasteiger partial charge in [-0.3, -0.25) is 9.79 Å². The Bertz CT molecular complexity index is 609. The van der Waals surface area contributed by atoms with Crippen LogP contribution in [0, 0.1) is 0 Å². The largest absolute Gasteiger partial charge is 0.497 e. The summed E-state index contributed by atoms with van der Waals surface area (Å²) in [7, 11) is 3.30. The van der Waals surface area contributed by atoms with Crippen LogP contribution in [0.5, 0.6) is 5.75 Å². The summed E-state index contributed by atoms with van der Waals surface area (Å²) in [6.45, 7) is 4.04. The van der Waals surface area contributed by atoms with Crippen LogP contribution in [0.2, 0.25) is 0 Å². The normalized spacial score (nSPS) is 16.2. The second kappa shape index (κ2) is 14.4. The van der Waals surface area contributed by atoms with E-state index in [1.165, 1.54) is 0 Å². The third-order valence-electron chi connectivity index (χ3n) is 4.11. The Morgan fingerprint density at radius 1 is 1.25 bits per heavy atom. The molecule has 1 fully saturated rings. The Hall–Kier alpha value is -1.59. The summed E-state index contributed by atoms with van der Waals surface area (Å²) in [5.74, 6) is 1.23. The Kier molecular flexibility index (Phi) is 12.6. The van der Waals surface area contributed by atoms with Crippen molar-refractivity contribution in [2.75, 3.05) is 53.6 Å². The highest BCUT2D eigenvalue weighted by Gasteiger charge is 2.15. The molecular weight excluding hydrogens is 475 g/mol. The van der Waals surface area contributed by atoms with Gasteiger partial charge in [-0.15, -0.1) is 24.0 Å². The van der Waals surface area contributed by atoms with Gasteiger partial charge in [0.05, 0.1) is 19.8 Å². The van der Waals surface area contributed by atoms with Crippen molar-refractivity contribution in [2.24, 2.45) is 4.99 Å². The van der Waals surface area contributed by atoms with Gasteiger partial charge in [0.1, 0.15) is 5.75 Å². The van der Waals surface area contributed by atoms with E-state index in [9.17, 15) is 4.79 Å². The Morgan fingerprint density at radius 3 is 2.75 bits per heavy atom. The highest BCUT2D eigenvalue weighted by atomic mass is 127. The van der Waals surface area contributed by atoms with E-state index in [2.05, 4.69) is 20.9 Å². The molecule has 2 rings (SSSR count). The number of hydrogen-bond donors (Lipinski definition) is 3. The number of carbonyl (C=O) groups excluding carboxylic acids is 1. The van der Waals surface area contributed by atoms with E-state index in [0.717, 1.165) is 26.0 Å². The molecule has 1 aliphatic heterocycles. The van der Waals surface area contributed by atoms with E-state index in [1.807, 2.05) is 0 Å². The van der Waals surface area contributed by atoms with Crippen LogP contribution in [0.1, 0.15) is 23.2 Å². The van der Waals surface area contributed by atoms with Crippen molar-refractivity contribution in [1.82, 2.24) is 16.0 Å². The van der Waals surface area contributed by atoms with Gasteiger partial charge >= 0.3 is 0 Å². The number of ether oxygens (including phenoxy) is 3.